The number of allylic oxidation sites excluding steroid dienone is 1. The maximum atomic E-state index is 3.77. The zero-order valence-electron chi connectivity index (χ0n) is 11.6. The van der Waals surface area contributed by atoms with Crippen molar-refractivity contribution in [1.29, 1.82) is 0 Å². The van der Waals surface area contributed by atoms with E-state index >= 15 is 0 Å². The van der Waals surface area contributed by atoms with Gasteiger partial charge < -0.3 is 10.2 Å². The topological polar surface area (TPSA) is 15.3 Å². The van der Waals surface area contributed by atoms with Crippen LogP contribution in [-0.2, 0) is 0 Å². The second kappa shape index (κ2) is 9.86. The monoisotopic (exact) mass is 226 g/mol. The number of unbranched alkanes of at least 4 members (excludes halogenated alkanes) is 1. The third-order valence-electron chi connectivity index (χ3n) is 3.04. The average molecular weight is 226 g/mol. The third-order valence-corrected chi connectivity index (χ3v) is 3.04. The molecule has 2 heteroatoms. The molecule has 0 saturated carbocycles. The lowest BCUT2D eigenvalue weighted by atomic mass is 10.0. The second-order valence-electron chi connectivity index (χ2n) is 4.93. The van der Waals surface area contributed by atoms with Crippen LogP contribution in [0.5, 0.6) is 0 Å². The molecule has 0 aliphatic heterocycles. The van der Waals surface area contributed by atoms with Crippen LogP contribution in [-0.4, -0.2) is 37.6 Å². The molecule has 0 aromatic heterocycles. The number of nitrogens with zero attached hydrogens (tertiary/aromatic N) is 1. The van der Waals surface area contributed by atoms with Gasteiger partial charge in [-0.3, -0.25) is 0 Å². The fourth-order valence-electron chi connectivity index (χ4n) is 1.98. The first kappa shape index (κ1) is 15.7. The maximum Gasteiger partial charge on any atom is 0.0240 e. The van der Waals surface area contributed by atoms with Gasteiger partial charge in [0.15, 0.2) is 0 Å². The Balaban J connectivity index is 3.92. The zero-order chi connectivity index (χ0) is 12.4. The second-order valence-corrected chi connectivity index (χ2v) is 4.93. The van der Waals surface area contributed by atoms with Gasteiger partial charge in [-0.05, 0) is 45.3 Å². The number of likely N-dealkylation sites (N-methyl/N-ethyl adjacent to an activating group) is 1. The van der Waals surface area contributed by atoms with Gasteiger partial charge in [0.25, 0.3) is 0 Å². The number of nitrogens with one attached hydrogen (secondary N) is 1. The van der Waals surface area contributed by atoms with Gasteiger partial charge in [0, 0.05) is 12.6 Å². The van der Waals surface area contributed by atoms with Crippen molar-refractivity contribution in [3.05, 3.63) is 12.7 Å². The molecule has 0 radical (unpaired) electrons. The summed E-state index contributed by atoms with van der Waals surface area (Å²) in [5.41, 5.74) is 0. The Labute approximate surface area is 102 Å². The van der Waals surface area contributed by atoms with Gasteiger partial charge in [-0.25, -0.2) is 0 Å². The molecule has 1 unspecified atom stereocenters. The molecule has 0 aromatic rings. The minimum absolute atomic E-state index is 0.649. The Morgan fingerprint density at radius 1 is 1.38 bits per heavy atom. The van der Waals surface area contributed by atoms with Gasteiger partial charge in [-0.2, -0.15) is 0 Å². The van der Waals surface area contributed by atoms with Crippen LogP contribution in [0.1, 0.15) is 40.0 Å². The van der Waals surface area contributed by atoms with Crippen molar-refractivity contribution in [1.82, 2.24) is 10.2 Å². The first-order valence-electron chi connectivity index (χ1n) is 6.65. The SMILES string of the molecule is C=CCCCN(C)C(CNCCC)C(C)C. The quantitative estimate of drug-likeness (QED) is 0.455. The van der Waals surface area contributed by atoms with E-state index in [4.69, 9.17) is 0 Å². The van der Waals surface area contributed by atoms with Crippen LogP contribution in [0.2, 0.25) is 0 Å². The van der Waals surface area contributed by atoms with E-state index in [2.05, 4.69) is 44.6 Å². The van der Waals surface area contributed by atoms with Crippen molar-refractivity contribution >= 4 is 0 Å². The van der Waals surface area contributed by atoms with Crippen molar-refractivity contribution in [2.45, 2.75) is 46.1 Å². The molecular weight excluding hydrogens is 196 g/mol. The molecule has 0 aliphatic carbocycles. The smallest absolute Gasteiger partial charge is 0.0240 e. The van der Waals surface area contributed by atoms with E-state index in [0.29, 0.717) is 12.0 Å². The van der Waals surface area contributed by atoms with E-state index in [-0.39, 0.29) is 0 Å². The van der Waals surface area contributed by atoms with E-state index in [1.807, 2.05) is 6.08 Å². The number of hydrogen-bond acceptors (Lipinski definition) is 2. The van der Waals surface area contributed by atoms with Gasteiger partial charge in [0.05, 0.1) is 0 Å². The van der Waals surface area contributed by atoms with Gasteiger partial charge >= 0.3 is 0 Å². The Morgan fingerprint density at radius 3 is 2.56 bits per heavy atom. The molecule has 0 aliphatic rings. The highest BCUT2D eigenvalue weighted by Crippen LogP contribution is 2.09. The van der Waals surface area contributed by atoms with Gasteiger partial charge in [-0.1, -0.05) is 26.8 Å². The zero-order valence-corrected chi connectivity index (χ0v) is 11.6. The molecule has 0 amide bonds. The van der Waals surface area contributed by atoms with Crippen LogP contribution in [0.15, 0.2) is 12.7 Å². The number of rotatable bonds is 10. The lowest BCUT2D eigenvalue weighted by molar-refractivity contribution is 0.186. The molecule has 0 fully saturated rings. The van der Waals surface area contributed by atoms with Crippen LogP contribution in [0.4, 0.5) is 0 Å². The van der Waals surface area contributed by atoms with E-state index in [1.54, 1.807) is 0 Å². The highest BCUT2D eigenvalue weighted by Gasteiger charge is 2.17. The molecule has 0 rings (SSSR count). The minimum atomic E-state index is 0.649. The van der Waals surface area contributed by atoms with Crippen molar-refractivity contribution in [2.24, 2.45) is 5.92 Å². The largest absolute Gasteiger partial charge is 0.315 e. The Kier molecular flexibility index (Phi) is 9.65. The van der Waals surface area contributed by atoms with Crippen molar-refractivity contribution in [3.8, 4) is 0 Å². The summed E-state index contributed by atoms with van der Waals surface area (Å²) in [7, 11) is 2.24. The summed E-state index contributed by atoms with van der Waals surface area (Å²) in [5.74, 6) is 0.707. The third kappa shape index (κ3) is 7.02. The highest BCUT2D eigenvalue weighted by atomic mass is 15.1. The summed E-state index contributed by atoms with van der Waals surface area (Å²) in [4.78, 5) is 2.48. The summed E-state index contributed by atoms with van der Waals surface area (Å²) < 4.78 is 0. The van der Waals surface area contributed by atoms with Crippen molar-refractivity contribution < 1.29 is 0 Å². The standard InChI is InChI=1S/C14H30N2/c1-6-8-9-11-16(5)14(13(3)4)12-15-10-7-2/h6,13-15H,1,7-12H2,2-5H3. The molecule has 1 N–H and O–H groups in total. The van der Waals surface area contributed by atoms with Crippen molar-refractivity contribution in [2.75, 3.05) is 26.7 Å². The lowest BCUT2D eigenvalue weighted by Crippen LogP contribution is -2.44. The predicted octanol–water partition coefficient (Wildman–Crippen LogP) is 2.91. The molecule has 0 aromatic carbocycles. The Morgan fingerprint density at radius 2 is 2.06 bits per heavy atom. The molecule has 0 saturated heterocycles. The fourth-order valence-corrected chi connectivity index (χ4v) is 1.98. The van der Waals surface area contributed by atoms with Crippen LogP contribution in [0.3, 0.4) is 0 Å². The first-order chi connectivity index (χ1) is 7.63. The maximum absolute atomic E-state index is 3.77. The summed E-state index contributed by atoms with van der Waals surface area (Å²) in [6.45, 7) is 14.0. The van der Waals surface area contributed by atoms with Gasteiger partial charge in [0.2, 0.25) is 0 Å². The van der Waals surface area contributed by atoms with Crippen LogP contribution >= 0.6 is 0 Å². The van der Waals surface area contributed by atoms with E-state index in [0.717, 1.165) is 19.5 Å². The lowest BCUT2D eigenvalue weighted by Gasteiger charge is -2.31. The average Bonchev–Trinajstić information content (AvgIpc) is 2.24. The molecule has 1 atom stereocenters. The van der Waals surface area contributed by atoms with Crippen LogP contribution < -0.4 is 5.32 Å². The molecule has 2 nitrogen and oxygen atoms in total. The van der Waals surface area contributed by atoms with E-state index < -0.39 is 0 Å². The summed E-state index contributed by atoms with van der Waals surface area (Å²) in [6.07, 6.45) is 5.56. The summed E-state index contributed by atoms with van der Waals surface area (Å²) in [5, 5.41) is 3.53. The normalized spacial score (nSPS) is 13.4. The molecule has 0 bridgehead atoms. The van der Waals surface area contributed by atoms with E-state index in [1.165, 1.54) is 19.4 Å². The predicted molar refractivity (Wildman–Crippen MR) is 73.8 cm³/mol. The Hall–Kier alpha value is -0.340. The molecule has 96 valence electrons. The summed E-state index contributed by atoms with van der Waals surface area (Å²) in [6, 6.07) is 0.649. The van der Waals surface area contributed by atoms with Crippen LogP contribution in [0, 0.1) is 5.92 Å². The molecule has 0 heterocycles. The molecule has 16 heavy (non-hydrogen) atoms. The Bertz CT molecular complexity index is 166. The molecular formula is C14H30N2. The minimum Gasteiger partial charge on any atom is -0.315 e. The van der Waals surface area contributed by atoms with E-state index in [9.17, 15) is 0 Å². The number of hydrogen-bond donors (Lipinski definition) is 1. The van der Waals surface area contributed by atoms with Crippen molar-refractivity contribution in [3.63, 3.8) is 0 Å². The van der Waals surface area contributed by atoms with Crippen LogP contribution in [0.25, 0.3) is 0 Å². The first-order valence-corrected chi connectivity index (χ1v) is 6.65. The summed E-state index contributed by atoms with van der Waals surface area (Å²) >= 11 is 0. The highest BCUT2D eigenvalue weighted by molar-refractivity contribution is 4.76. The van der Waals surface area contributed by atoms with Gasteiger partial charge in [0.1, 0.15) is 0 Å². The molecule has 0 spiro atoms. The fraction of sp³-hybridized carbons (Fsp3) is 0.857. The van der Waals surface area contributed by atoms with Gasteiger partial charge in [-0.15, -0.1) is 6.58 Å².